The van der Waals surface area contributed by atoms with E-state index in [9.17, 15) is 97.0 Å². The molecule has 0 aromatic heterocycles. The van der Waals surface area contributed by atoms with Gasteiger partial charge in [-0.25, -0.2) is 4.79 Å². The summed E-state index contributed by atoms with van der Waals surface area (Å²) in [5, 5.41) is 1.70. The molecule has 1 amide bonds. The van der Waals surface area contributed by atoms with E-state index in [0.29, 0.717) is 0 Å². The number of carbonyl (C=O) groups is 1. The minimum atomic E-state index is -9.23. The van der Waals surface area contributed by atoms with E-state index in [1.165, 1.54) is 18.2 Å². The van der Waals surface area contributed by atoms with E-state index in [1.807, 2.05) is 0 Å². The van der Waals surface area contributed by atoms with Gasteiger partial charge >= 0.3 is 65.6 Å². The largest absolute Gasteiger partial charge is 0.460 e. The Bertz CT molecular complexity index is 1130. The summed E-state index contributed by atoms with van der Waals surface area (Å²) in [5.41, 5.74) is -0.186. The predicted octanol–water partition coefficient (Wildman–Crippen LogP) is 8.91. The quantitative estimate of drug-likeness (QED) is 0.224. The molecule has 0 fully saturated rings. The third-order valence-electron chi connectivity index (χ3n) is 5.25. The summed E-state index contributed by atoms with van der Waals surface area (Å²) in [6, 6.07) is 6.02. The van der Waals surface area contributed by atoms with Crippen molar-refractivity contribution in [2.24, 2.45) is 0 Å². The number of hydrogen-bond donors (Lipinski definition) is 1. The van der Waals surface area contributed by atoms with Crippen LogP contribution in [0.25, 0.3) is 0 Å². The second-order valence-corrected chi connectivity index (χ2v) is 8.17. The molecule has 0 aliphatic heterocycles. The maximum atomic E-state index is 13.8. The third kappa shape index (κ3) is 5.68. The first-order valence-electron chi connectivity index (χ1n) is 10.2. The van der Waals surface area contributed by atoms with Crippen molar-refractivity contribution in [1.82, 2.24) is 0 Å². The highest BCUT2D eigenvalue weighted by Crippen LogP contribution is 2.66. The van der Waals surface area contributed by atoms with Crippen molar-refractivity contribution in [3.05, 3.63) is 30.3 Å². The fraction of sp³-hybridized carbons (Fsp3) is 0.632. The van der Waals surface area contributed by atoms with E-state index in [0.717, 1.165) is 12.1 Å². The maximum absolute atomic E-state index is 13.8. The van der Waals surface area contributed by atoms with E-state index in [1.54, 1.807) is 5.32 Å². The van der Waals surface area contributed by atoms with Gasteiger partial charge in [-0.15, -0.1) is 0 Å². The number of alkyl halides is 21. The van der Waals surface area contributed by atoms with Crippen LogP contribution >= 0.6 is 0 Å². The Labute approximate surface area is 222 Å². The Morgan fingerprint density at radius 3 is 1.19 bits per heavy atom. The number of anilines is 1. The van der Waals surface area contributed by atoms with Crippen LogP contribution in [0, 0.1) is 0 Å². The SMILES string of the molecule is O=C(Nc1ccccc1)OCCC(F)(F)C(F)(F)C(F)(F)C(F)(F)C(F)(F)C(F)(F)C(F)(F)C(F)(F)C(F)(F)C(F)(F)F. The standard InChI is InChI=1S/C19H10F21NO2/c20-10(21,6-7-43-9(42)41-8-4-2-1-3-5-8)11(22,23)12(24,25)13(26,27)14(28,29)15(30,31)16(32,33)17(34,35)18(36,37)19(38,39)40/h1-5H,6-7H2,(H,41,42). The second kappa shape index (κ2) is 10.9. The van der Waals surface area contributed by atoms with Crippen LogP contribution in [0.15, 0.2) is 30.3 Å². The summed E-state index contributed by atoms with van der Waals surface area (Å²) in [4.78, 5) is 11.4. The van der Waals surface area contributed by atoms with Crippen LogP contribution in [-0.4, -0.2) is 72.2 Å². The van der Waals surface area contributed by atoms with Gasteiger partial charge in [-0.3, -0.25) is 5.32 Å². The van der Waals surface area contributed by atoms with Gasteiger partial charge < -0.3 is 4.74 Å². The first kappa shape index (κ1) is 38.0. The minimum absolute atomic E-state index is 0.186. The predicted molar refractivity (Wildman–Crippen MR) is 96.6 cm³/mol. The topological polar surface area (TPSA) is 38.3 Å². The van der Waals surface area contributed by atoms with Gasteiger partial charge in [-0.1, -0.05) is 18.2 Å². The summed E-state index contributed by atoms with van der Waals surface area (Å²) >= 11 is 0. The van der Waals surface area contributed by atoms with Crippen molar-refractivity contribution in [1.29, 1.82) is 0 Å². The number of benzene rings is 1. The van der Waals surface area contributed by atoms with Crippen LogP contribution in [0.3, 0.4) is 0 Å². The molecule has 0 aliphatic carbocycles. The van der Waals surface area contributed by atoms with Crippen molar-refractivity contribution in [2.45, 2.75) is 65.9 Å². The number of halogens is 21. The van der Waals surface area contributed by atoms with Crippen molar-refractivity contribution >= 4 is 11.8 Å². The van der Waals surface area contributed by atoms with Gasteiger partial charge in [0.05, 0.1) is 13.0 Å². The van der Waals surface area contributed by atoms with Crippen molar-refractivity contribution in [2.75, 3.05) is 11.9 Å². The average molecular weight is 683 g/mol. The van der Waals surface area contributed by atoms with E-state index in [2.05, 4.69) is 4.74 Å². The molecule has 0 bridgehead atoms. The Morgan fingerprint density at radius 1 is 0.512 bits per heavy atom. The van der Waals surface area contributed by atoms with Gasteiger partial charge in [0.25, 0.3) is 0 Å². The lowest BCUT2D eigenvalue weighted by Crippen LogP contribution is -2.76. The highest BCUT2D eigenvalue weighted by molar-refractivity contribution is 5.84. The van der Waals surface area contributed by atoms with E-state index < -0.39 is 78.6 Å². The first-order valence-corrected chi connectivity index (χ1v) is 10.2. The molecule has 0 radical (unpaired) electrons. The molecule has 43 heavy (non-hydrogen) atoms. The molecular weight excluding hydrogens is 673 g/mol. The molecule has 0 spiro atoms. The third-order valence-corrected chi connectivity index (χ3v) is 5.25. The smallest absolute Gasteiger partial charge is 0.449 e. The van der Waals surface area contributed by atoms with Crippen molar-refractivity contribution < 1.29 is 102 Å². The molecule has 1 aromatic rings. The molecule has 3 nitrogen and oxygen atoms in total. The summed E-state index contributed by atoms with van der Waals surface area (Å²) < 4.78 is 284. The van der Waals surface area contributed by atoms with Crippen LogP contribution in [0.4, 0.5) is 103 Å². The van der Waals surface area contributed by atoms with E-state index in [-0.39, 0.29) is 5.69 Å². The van der Waals surface area contributed by atoms with E-state index in [4.69, 9.17) is 0 Å². The number of carbonyl (C=O) groups excluding carboxylic acids is 1. The van der Waals surface area contributed by atoms with Gasteiger partial charge in [0.15, 0.2) is 0 Å². The number of amides is 1. The Balaban J connectivity index is 3.42. The first-order chi connectivity index (χ1) is 18.7. The summed E-state index contributed by atoms with van der Waals surface area (Å²) in [7, 11) is 0. The zero-order valence-corrected chi connectivity index (χ0v) is 19.6. The van der Waals surface area contributed by atoms with Gasteiger partial charge in [-0.2, -0.15) is 92.2 Å². The van der Waals surface area contributed by atoms with Crippen LogP contribution in [0.2, 0.25) is 0 Å². The molecule has 0 aliphatic rings. The molecule has 0 heterocycles. The van der Waals surface area contributed by atoms with Crippen LogP contribution < -0.4 is 5.32 Å². The van der Waals surface area contributed by atoms with Gasteiger partial charge in [0.2, 0.25) is 0 Å². The van der Waals surface area contributed by atoms with Gasteiger partial charge in [-0.05, 0) is 12.1 Å². The molecule has 1 aromatic carbocycles. The molecule has 0 atom stereocenters. The molecule has 0 unspecified atom stereocenters. The lowest BCUT2D eigenvalue weighted by atomic mass is 9.86. The normalized spacial score (nSPS) is 15.4. The van der Waals surface area contributed by atoms with Gasteiger partial charge in [0, 0.05) is 5.69 Å². The Hall–Kier alpha value is -2.98. The number of para-hydroxylation sites is 1. The van der Waals surface area contributed by atoms with Crippen LogP contribution in [0.1, 0.15) is 6.42 Å². The zero-order chi connectivity index (χ0) is 34.5. The van der Waals surface area contributed by atoms with Gasteiger partial charge in [0.1, 0.15) is 0 Å². The molecule has 250 valence electrons. The average Bonchev–Trinajstić information content (AvgIpc) is 2.82. The fourth-order valence-electron chi connectivity index (χ4n) is 2.70. The molecule has 24 heteroatoms. The lowest BCUT2D eigenvalue weighted by Gasteiger charge is -2.44. The fourth-order valence-corrected chi connectivity index (χ4v) is 2.70. The summed E-state index contributed by atoms with van der Waals surface area (Å²) in [6.45, 7) is -2.17. The van der Waals surface area contributed by atoms with Crippen LogP contribution in [0.5, 0.6) is 0 Å². The molecule has 0 saturated heterocycles. The highest BCUT2D eigenvalue weighted by Gasteiger charge is 2.97. The second-order valence-electron chi connectivity index (χ2n) is 8.17. The molecule has 0 saturated carbocycles. The summed E-state index contributed by atoms with van der Waals surface area (Å²) in [6.07, 6.45) is -12.9. The highest BCUT2D eigenvalue weighted by atomic mass is 19.4. The monoisotopic (exact) mass is 683 g/mol. The number of ether oxygens (including phenoxy) is 1. The minimum Gasteiger partial charge on any atom is -0.449 e. The van der Waals surface area contributed by atoms with Crippen LogP contribution in [-0.2, 0) is 4.74 Å². The number of nitrogens with one attached hydrogen (secondary N) is 1. The summed E-state index contributed by atoms with van der Waals surface area (Å²) in [5.74, 6) is -77.6. The molecular formula is C19H10F21NO2. The van der Waals surface area contributed by atoms with Crippen molar-refractivity contribution in [3.63, 3.8) is 0 Å². The van der Waals surface area contributed by atoms with E-state index >= 15 is 0 Å². The maximum Gasteiger partial charge on any atom is 0.460 e. The number of hydrogen-bond acceptors (Lipinski definition) is 2. The lowest BCUT2D eigenvalue weighted by molar-refractivity contribution is -0.474. The number of rotatable bonds is 12. The Kier molecular flexibility index (Phi) is 9.62. The molecule has 1 rings (SSSR count). The molecule has 1 N–H and O–H groups in total. The Morgan fingerprint density at radius 2 is 0.837 bits per heavy atom. The zero-order valence-electron chi connectivity index (χ0n) is 19.6. The van der Waals surface area contributed by atoms with Crippen molar-refractivity contribution in [3.8, 4) is 0 Å².